The lowest BCUT2D eigenvalue weighted by Crippen LogP contribution is -1.98. The molecule has 0 amide bonds. The molecule has 104 valence electrons. The van der Waals surface area contributed by atoms with Gasteiger partial charge in [-0.1, -0.05) is 59.6 Å². The third-order valence-corrected chi connectivity index (χ3v) is 3.52. The van der Waals surface area contributed by atoms with Crippen molar-refractivity contribution in [2.24, 2.45) is 0 Å². The van der Waals surface area contributed by atoms with Crippen molar-refractivity contribution < 1.29 is 4.92 Å². The van der Waals surface area contributed by atoms with Crippen molar-refractivity contribution >= 4 is 39.7 Å². The van der Waals surface area contributed by atoms with Gasteiger partial charge in [0.2, 0.25) is 10.3 Å². The van der Waals surface area contributed by atoms with E-state index >= 15 is 0 Å². The van der Waals surface area contributed by atoms with Crippen LogP contribution in [0.25, 0.3) is 22.2 Å². The lowest BCUT2D eigenvalue weighted by atomic mass is 10.1. The molecule has 3 aromatic rings. The molecule has 0 saturated carbocycles. The summed E-state index contributed by atoms with van der Waals surface area (Å²) in [4.78, 5) is 18.0. The first-order valence-corrected chi connectivity index (χ1v) is 6.68. The maximum atomic E-state index is 10.8. The van der Waals surface area contributed by atoms with Crippen LogP contribution in [0.4, 0.5) is 5.69 Å². The van der Waals surface area contributed by atoms with Crippen LogP contribution < -0.4 is 0 Å². The third kappa shape index (κ3) is 2.53. The lowest BCUT2D eigenvalue weighted by molar-refractivity contribution is -0.385. The molecule has 0 unspecified atom stereocenters. The van der Waals surface area contributed by atoms with Gasteiger partial charge in [-0.3, -0.25) is 10.1 Å². The van der Waals surface area contributed by atoms with E-state index in [1.54, 1.807) is 0 Å². The van der Waals surface area contributed by atoms with Gasteiger partial charge in [0.25, 0.3) is 0 Å². The van der Waals surface area contributed by atoms with Crippen molar-refractivity contribution in [1.29, 1.82) is 0 Å². The Morgan fingerprint density at radius 1 is 0.952 bits per heavy atom. The molecule has 0 aliphatic carbocycles. The average molecular weight is 320 g/mol. The van der Waals surface area contributed by atoms with Crippen LogP contribution in [0.5, 0.6) is 0 Å². The molecule has 5 nitrogen and oxygen atoms in total. The van der Waals surface area contributed by atoms with Gasteiger partial charge in [0.1, 0.15) is 0 Å². The van der Waals surface area contributed by atoms with E-state index in [1.807, 2.05) is 42.5 Å². The largest absolute Gasteiger partial charge is 0.343 e. The van der Waals surface area contributed by atoms with Crippen molar-refractivity contribution in [3.05, 3.63) is 62.9 Å². The van der Waals surface area contributed by atoms with E-state index in [4.69, 9.17) is 23.2 Å². The molecule has 1 heterocycles. The molecule has 0 radical (unpaired) electrons. The second-order valence-corrected chi connectivity index (χ2v) is 5.01. The topological polar surface area (TPSA) is 68.9 Å². The summed E-state index contributed by atoms with van der Waals surface area (Å²) in [5, 5.41) is 12.3. The number of nitrogens with zero attached hydrogens (tertiary/aromatic N) is 3. The zero-order valence-corrected chi connectivity index (χ0v) is 12.0. The summed E-state index contributed by atoms with van der Waals surface area (Å²) < 4.78 is 0. The Hall–Kier alpha value is -2.24. The Bertz CT molecular complexity index is 845. The van der Waals surface area contributed by atoms with E-state index < -0.39 is 10.6 Å². The van der Waals surface area contributed by atoms with Gasteiger partial charge in [-0.15, -0.1) is 0 Å². The molecule has 0 aliphatic heterocycles. The maximum absolute atomic E-state index is 10.8. The fraction of sp³-hybridized carbons (Fsp3) is 0. The highest BCUT2D eigenvalue weighted by Gasteiger charge is 2.22. The fourth-order valence-corrected chi connectivity index (χ4v) is 2.54. The van der Waals surface area contributed by atoms with Gasteiger partial charge in [-0.2, -0.15) is 0 Å². The van der Waals surface area contributed by atoms with Gasteiger partial charge in [-0.05, 0) is 16.8 Å². The molecule has 0 spiro atoms. The summed E-state index contributed by atoms with van der Waals surface area (Å²) in [5.74, 6) is 0.251. The van der Waals surface area contributed by atoms with E-state index in [0.29, 0.717) is 5.56 Å². The average Bonchev–Trinajstić information content (AvgIpc) is 2.45. The van der Waals surface area contributed by atoms with E-state index in [2.05, 4.69) is 9.97 Å². The molecular formula is C14H7Cl2N3O2. The molecule has 2 aromatic carbocycles. The molecule has 0 fully saturated rings. The second-order valence-electron chi connectivity index (χ2n) is 4.30. The first kappa shape index (κ1) is 13.7. The maximum Gasteiger partial charge on any atom is 0.343 e. The number of rotatable bonds is 2. The van der Waals surface area contributed by atoms with Crippen molar-refractivity contribution in [3.63, 3.8) is 0 Å². The van der Waals surface area contributed by atoms with Crippen molar-refractivity contribution in [2.45, 2.75) is 0 Å². The molecule has 0 bridgehead atoms. The summed E-state index contributed by atoms with van der Waals surface area (Å²) in [5.41, 5.74) is 0.204. The van der Waals surface area contributed by atoms with Crippen LogP contribution in [0.15, 0.2) is 42.5 Å². The van der Waals surface area contributed by atoms with E-state index in [9.17, 15) is 10.1 Å². The zero-order valence-electron chi connectivity index (χ0n) is 10.5. The number of hydrogen-bond acceptors (Lipinski definition) is 4. The highest BCUT2D eigenvalue weighted by atomic mass is 35.5. The van der Waals surface area contributed by atoms with Crippen LogP contribution in [0.1, 0.15) is 0 Å². The minimum atomic E-state index is -0.700. The number of aromatic nitrogens is 2. The monoisotopic (exact) mass is 319 g/mol. The molecule has 7 heteroatoms. The first-order valence-electron chi connectivity index (χ1n) is 5.93. The normalized spacial score (nSPS) is 10.8. The van der Waals surface area contributed by atoms with Gasteiger partial charge in [0, 0.05) is 5.56 Å². The van der Waals surface area contributed by atoms with Crippen LogP contribution >= 0.6 is 23.2 Å². The smallest absolute Gasteiger partial charge is 0.258 e. The molecule has 3 rings (SSSR count). The van der Waals surface area contributed by atoms with Gasteiger partial charge < -0.3 is 0 Å². The lowest BCUT2D eigenvalue weighted by Gasteiger charge is -2.04. The fourth-order valence-electron chi connectivity index (χ4n) is 2.01. The van der Waals surface area contributed by atoms with Gasteiger partial charge in [0.15, 0.2) is 5.82 Å². The second kappa shape index (κ2) is 5.27. The van der Waals surface area contributed by atoms with Gasteiger partial charge in [-0.25, -0.2) is 9.97 Å². The summed E-state index contributed by atoms with van der Waals surface area (Å²) in [6, 6.07) is 13.4. The summed E-state index contributed by atoms with van der Waals surface area (Å²) in [7, 11) is 0. The van der Waals surface area contributed by atoms with Crippen LogP contribution in [-0.4, -0.2) is 14.9 Å². The predicted molar refractivity (Wildman–Crippen MR) is 81.6 cm³/mol. The number of fused-ring (bicyclic) bond motifs is 1. The summed E-state index contributed by atoms with van der Waals surface area (Å²) >= 11 is 11.6. The molecule has 21 heavy (non-hydrogen) atoms. The van der Waals surface area contributed by atoms with Gasteiger partial charge >= 0.3 is 5.69 Å². The third-order valence-electron chi connectivity index (χ3n) is 2.99. The number of hydrogen-bond donors (Lipinski definition) is 0. The highest BCUT2D eigenvalue weighted by Crippen LogP contribution is 2.32. The number of benzene rings is 2. The molecular weight excluding hydrogens is 313 g/mol. The van der Waals surface area contributed by atoms with E-state index in [0.717, 1.165) is 10.8 Å². The Labute approximate surface area is 129 Å². The van der Waals surface area contributed by atoms with Crippen LogP contribution in [-0.2, 0) is 0 Å². The van der Waals surface area contributed by atoms with Gasteiger partial charge in [0.05, 0.1) is 4.92 Å². The predicted octanol–water partition coefficient (Wildman–Crippen LogP) is 4.51. The Kier molecular flexibility index (Phi) is 3.45. The van der Waals surface area contributed by atoms with Crippen LogP contribution in [0.2, 0.25) is 10.3 Å². The minimum Gasteiger partial charge on any atom is -0.258 e. The van der Waals surface area contributed by atoms with Crippen LogP contribution in [0.3, 0.4) is 0 Å². The van der Waals surface area contributed by atoms with Crippen molar-refractivity contribution in [2.75, 3.05) is 0 Å². The van der Waals surface area contributed by atoms with E-state index in [-0.39, 0.29) is 16.1 Å². The first-order chi connectivity index (χ1) is 10.1. The Morgan fingerprint density at radius 2 is 1.57 bits per heavy atom. The number of halogens is 2. The highest BCUT2D eigenvalue weighted by molar-refractivity contribution is 6.36. The quantitative estimate of drug-likeness (QED) is 0.396. The summed E-state index contributed by atoms with van der Waals surface area (Å²) in [6.07, 6.45) is 0. The van der Waals surface area contributed by atoms with Crippen LogP contribution in [0, 0.1) is 10.1 Å². The van der Waals surface area contributed by atoms with Crippen molar-refractivity contribution in [3.8, 4) is 11.4 Å². The van der Waals surface area contributed by atoms with E-state index in [1.165, 1.54) is 0 Å². The molecule has 0 aliphatic rings. The minimum absolute atomic E-state index is 0.251. The summed E-state index contributed by atoms with van der Waals surface area (Å²) in [6.45, 7) is 0. The Balaban J connectivity index is 2.16. The zero-order chi connectivity index (χ0) is 15.0. The standard InChI is InChI=1S/C14H7Cl2N3O2/c15-12-11(19(20)21)13(16)18-14(17-12)10-6-5-8-3-1-2-4-9(8)7-10/h1-7H. The SMILES string of the molecule is O=[N+]([O-])c1c(Cl)nc(-c2ccc3ccccc3c2)nc1Cl. The Morgan fingerprint density at radius 3 is 2.19 bits per heavy atom. The number of nitro groups is 1. The molecule has 1 aromatic heterocycles. The molecule has 0 saturated heterocycles. The molecule has 0 N–H and O–H groups in total. The molecule has 0 atom stereocenters. The van der Waals surface area contributed by atoms with Crippen molar-refractivity contribution in [1.82, 2.24) is 9.97 Å².